The van der Waals surface area contributed by atoms with Crippen LogP contribution in [-0.4, -0.2) is 31.5 Å². The van der Waals surface area contributed by atoms with E-state index in [0.29, 0.717) is 16.5 Å². The number of rotatable bonds is 5. The van der Waals surface area contributed by atoms with Crippen molar-refractivity contribution in [3.05, 3.63) is 71.8 Å². The van der Waals surface area contributed by atoms with E-state index in [1.54, 1.807) is 16.6 Å². The summed E-state index contributed by atoms with van der Waals surface area (Å²) < 4.78 is 40.8. The number of carbonyl (C=O) groups excluding carboxylic acids is 1. The number of nitrogens with zero attached hydrogens (tertiary/aromatic N) is 4. The highest BCUT2D eigenvalue weighted by molar-refractivity contribution is 7.99. The summed E-state index contributed by atoms with van der Waals surface area (Å²) in [5.74, 6) is -0.112. The number of hydrogen-bond acceptors (Lipinski definition) is 5. The monoisotopic (exact) mass is 443 g/mol. The van der Waals surface area contributed by atoms with Gasteiger partial charge in [-0.15, -0.1) is 10.2 Å². The highest BCUT2D eigenvalue weighted by atomic mass is 32.2. The maximum atomic E-state index is 13.1. The summed E-state index contributed by atoms with van der Waals surface area (Å²) in [6, 6.07) is 16.0. The standard InChI is InChI=1S/C21H16F3N5OS/c1-13-6-8-14(9-7-13)20-27-26-17-10-11-19(28-29(17)20)31-12-18(30)25-16-5-3-2-4-15(16)21(22,23)24/h2-11H,12H2,1H3,(H,25,30). The van der Waals surface area contributed by atoms with E-state index in [-0.39, 0.29) is 11.4 Å². The number of amides is 1. The van der Waals surface area contributed by atoms with Gasteiger partial charge in [0, 0.05) is 5.56 Å². The molecule has 0 fully saturated rings. The predicted octanol–water partition coefficient (Wildman–Crippen LogP) is 4.85. The van der Waals surface area contributed by atoms with E-state index in [1.807, 2.05) is 31.2 Å². The number of halogens is 3. The second-order valence-electron chi connectivity index (χ2n) is 6.71. The Morgan fingerprint density at radius 2 is 1.77 bits per heavy atom. The van der Waals surface area contributed by atoms with Crippen LogP contribution in [0, 0.1) is 6.92 Å². The number of aryl methyl sites for hydroxylation is 1. The van der Waals surface area contributed by atoms with E-state index >= 15 is 0 Å². The molecule has 158 valence electrons. The van der Waals surface area contributed by atoms with Crippen molar-refractivity contribution in [2.75, 3.05) is 11.1 Å². The number of hydrogen-bond donors (Lipinski definition) is 1. The van der Waals surface area contributed by atoms with Gasteiger partial charge in [-0.25, -0.2) is 0 Å². The summed E-state index contributed by atoms with van der Waals surface area (Å²) in [5.41, 5.74) is 1.34. The van der Waals surface area contributed by atoms with Crippen LogP contribution in [0.1, 0.15) is 11.1 Å². The summed E-state index contributed by atoms with van der Waals surface area (Å²) >= 11 is 1.10. The van der Waals surface area contributed by atoms with Crippen LogP contribution >= 0.6 is 11.8 Å². The Kier molecular flexibility index (Phi) is 5.64. The number of thioether (sulfide) groups is 1. The number of nitrogens with one attached hydrogen (secondary N) is 1. The van der Waals surface area contributed by atoms with Gasteiger partial charge in [0.2, 0.25) is 5.91 Å². The van der Waals surface area contributed by atoms with Gasteiger partial charge in [0.25, 0.3) is 0 Å². The molecule has 0 aliphatic carbocycles. The Bertz CT molecular complexity index is 1240. The number of alkyl halides is 3. The molecule has 6 nitrogen and oxygen atoms in total. The van der Waals surface area contributed by atoms with Crippen LogP contribution in [0.4, 0.5) is 18.9 Å². The van der Waals surface area contributed by atoms with E-state index in [4.69, 9.17) is 0 Å². The van der Waals surface area contributed by atoms with Gasteiger partial charge in [-0.05, 0) is 31.2 Å². The third-order valence-corrected chi connectivity index (χ3v) is 5.33. The van der Waals surface area contributed by atoms with Crippen LogP contribution in [0.15, 0.2) is 65.7 Å². The Hall–Kier alpha value is -3.40. The fraction of sp³-hybridized carbons (Fsp3) is 0.143. The minimum Gasteiger partial charge on any atom is -0.325 e. The minimum atomic E-state index is -4.55. The zero-order valence-electron chi connectivity index (χ0n) is 16.2. The Labute approximate surface area is 179 Å². The van der Waals surface area contributed by atoms with Crippen LogP contribution in [0.3, 0.4) is 0 Å². The molecule has 1 amide bonds. The van der Waals surface area contributed by atoms with Crippen LogP contribution < -0.4 is 5.32 Å². The average molecular weight is 443 g/mol. The highest BCUT2D eigenvalue weighted by Crippen LogP contribution is 2.34. The second-order valence-corrected chi connectivity index (χ2v) is 7.71. The van der Waals surface area contributed by atoms with Gasteiger partial charge >= 0.3 is 6.18 Å². The number of para-hydroxylation sites is 1. The lowest BCUT2D eigenvalue weighted by Gasteiger charge is -2.13. The normalized spacial score (nSPS) is 11.6. The van der Waals surface area contributed by atoms with Crippen LogP contribution in [0.2, 0.25) is 0 Å². The Morgan fingerprint density at radius 1 is 1.03 bits per heavy atom. The number of anilines is 1. The first kappa shape index (κ1) is 20.9. The van der Waals surface area contributed by atoms with Gasteiger partial charge < -0.3 is 5.32 Å². The number of fused-ring (bicyclic) bond motifs is 1. The van der Waals surface area contributed by atoms with Gasteiger partial charge in [-0.1, -0.05) is 53.7 Å². The van der Waals surface area contributed by atoms with Crippen molar-refractivity contribution in [3.8, 4) is 11.4 Å². The first-order valence-electron chi connectivity index (χ1n) is 9.19. The van der Waals surface area contributed by atoms with E-state index in [0.717, 1.165) is 29.0 Å². The van der Waals surface area contributed by atoms with Gasteiger partial charge in [-0.3, -0.25) is 4.79 Å². The van der Waals surface area contributed by atoms with E-state index in [2.05, 4.69) is 20.6 Å². The molecule has 10 heteroatoms. The smallest absolute Gasteiger partial charge is 0.325 e. The summed E-state index contributed by atoms with van der Waals surface area (Å²) in [5, 5.41) is 15.6. The van der Waals surface area contributed by atoms with E-state index < -0.39 is 17.6 Å². The van der Waals surface area contributed by atoms with Gasteiger partial charge in [0.05, 0.1) is 17.0 Å². The van der Waals surface area contributed by atoms with E-state index in [9.17, 15) is 18.0 Å². The Balaban J connectivity index is 1.49. The first-order valence-corrected chi connectivity index (χ1v) is 10.2. The fourth-order valence-electron chi connectivity index (χ4n) is 2.90. The van der Waals surface area contributed by atoms with Crippen LogP contribution in [0.25, 0.3) is 17.0 Å². The van der Waals surface area contributed by atoms with Gasteiger partial charge in [0.15, 0.2) is 11.5 Å². The summed E-state index contributed by atoms with van der Waals surface area (Å²) in [4.78, 5) is 12.2. The van der Waals surface area contributed by atoms with Crippen LogP contribution in [0.5, 0.6) is 0 Å². The van der Waals surface area contributed by atoms with Crippen molar-refractivity contribution < 1.29 is 18.0 Å². The molecule has 0 aliphatic heterocycles. The molecule has 0 aliphatic rings. The maximum Gasteiger partial charge on any atom is 0.418 e. The van der Waals surface area contributed by atoms with Crippen molar-refractivity contribution in [1.29, 1.82) is 0 Å². The second kappa shape index (κ2) is 8.38. The van der Waals surface area contributed by atoms with Crippen molar-refractivity contribution >= 4 is 29.0 Å². The number of benzene rings is 2. The Morgan fingerprint density at radius 3 is 2.52 bits per heavy atom. The van der Waals surface area contributed by atoms with Crippen LogP contribution in [-0.2, 0) is 11.0 Å². The molecule has 0 saturated heterocycles. The topological polar surface area (TPSA) is 72.2 Å². The molecule has 0 spiro atoms. The summed E-state index contributed by atoms with van der Waals surface area (Å²) in [6.45, 7) is 1.98. The molecule has 2 aromatic heterocycles. The summed E-state index contributed by atoms with van der Waals surface area (Å²) in [6.07, 6.45) is -4.55. The van der Waals surface area contributed by atoms with Gasteiger partial charge in [-0.2, -0.15) is 22.8 Å². The highest BCUT2D eigenvalue weighted by Gasteiger charge is 2.33. The van der Waals surface area contributed by atoms with Crippen molar-refractivity contribution in [3.63, 3.8) is 0 Å². The first-order chi connectivity index (χ1) is 14.8. The summed E-state index contributed by atoms with van der Waals surface area (Å²) in [7, 11) is 0. The quantitative estimate of drug-likeness (QED) is 0.447. The lowest BCUT2D eigenvalue weighted by molar-refractivity contribution is -0.137. The third-order valence-electron chi connectivity index (χ3n) is 4.41. The molecular formula is C21H16F3N5OS. The minimum absolute atomic E-state index is 0.104. The molecule has 0 atom stereocenters. The largest absolute Gasteiger partial charge is 0.418 e. The van der Waals surface area contributed by atoms with Crippen molar-refractivity contribution in [2.45, 2.75) is 18.1 Å². The van der Waals surface area contributed by atoms with Gasteiger partial charge in [0.1, 0.15) is 5.03 Å². The van der Waals surface area contributed by atoms with E-state index in [1.165, 1.54) is 18.2 Å². The molecule has 1 N–H and O–H groups in total. The SMILES string of the molecule is Cc1ccc(-c2nnc3ccc(SCC(=O)Nc4ccccc4C(F)(F)F)nn23)cc1. The molecule has 0 saturated carbocycles. The molecule has 0 bridgehead atoms. The maximum absolute atomic E-state index is 13.1. The molecule has 4 rings (SSSR count). The molecule has 2 heterocycles. The lowest BCUT2D eigenvalue weighted by atomic mass is 10.1. The molecular weight excluding hydrogens is 427 g/mol. The molecule has 0 radical (unpaired) electrons. The molecule has 0 unspecified atom stereocenters. The van der Waals surface area contributed by atoms with Crippen molar-refractivity contribution in [1.82, 2.24) is 19.8 Å². The average Bonchev–Trinajstić information content (AvgIpc) is 3.16. The molecule has 2 aromatic carbocycles. The number of aromatic nitrogens is 4. The van der Waals surface area contributed by atoms with Crippen molar-refractivity contribution in [2.24, 2.45) is 0 Å². The zero-order chi connectivity index (χ0) is 22.0. The number of carbonyl (C=O) groups is 1. The third kappa shape index (κ3) is 4.69. The molecule has 4 aromatic rings. The fourth-order valence-corrected chi connectivity index (χ4v) is 3.55. The lowest BCUT2D eigenvalue weighted by Crippen LogP contribution is -2.18. The predicted molar refractivity (Wildman–Crippen MR) is 112 cm³/mol. The zero-order valence-corrected chi connectivity index (χ0v) is 17.0. The molecule has 31 heavy (non-hydrogen) atoms.